The van der Waals surface area contributed by atoms with Gasteiger partial charge in [-0.15, -0.1) is 0 Å². The Labute approximate surface area is 79.8 Å². The molecule has 4 nitrogen and oxygen atoms in total. The third-order valence-corrected chi connectivity index (χ3v) is 1.74. The Balaban J connectivity index is 2.72. The van der Waals surface area contributed by atoms with E-state index in [4.69, 9.17) is 10.8 Å². The van der Waals surface area contributed by atoms with Crippen LogP contribution < -0.4 is 5.73 Å². The number of aliphatic hydroxyl groups is 1. The number of nitrogens with two attached hydrogens (primary N) is 1. The lowest BCUT2D eigenvalue weighted by atomic mass is 10.2. The molecule has 0 aromatic carbocycles. The Kier molecular flexibility index (Phi) is 3.84. The molecule has 3 N–H and O–H groups in total. The summed E-state index contributed by atoms with van der Waals surface area (Å²) in [6.45, 7) is -0.0700. The van der Waals surface area contributed by atoms with Crippen LogP contribution in [0.4, 0.5) is 8.78 Å². The van der Waals surface area contributed by atoms with Crippen molar-refractivity contribution in [3.8, 4) is 0 Å². The monoisotopic (exact) mass is 203 g/mol. The third-order valence-electron chi connectivity index (χ3n) is 1.74. The summed E-state index contributed by atoms with van der Waals surface area (Å²) in [5.74, 6) is 0. The summed E-state index contributed by atoms with van der Waals surface area (Å²) >= 11 is 0. The SMILES string of the molecule is NC(CCO)c1cnc(C(F)F)cn1. The number of alkyl halides is 2. The van der Waals surface area contributed by atoms with E-state index in [2.05, 4.69) is 9.97 Å². The first kappa shape index (κ1) is 10.9. The minimum Gasteiger partial charge on any atom is -0.396 e. The average molecular weight is 203 g/mol. The molecule has 0 saturated heterocycles. The van der Waals surface area contributed by atoms with Crippen LogP contribution in [0.2, 0.25) is 0 Å². The summed E-state index contributed by atoms with van der Waals surface area (Å²) in [7, 11) is 0. The smallest absolute Gasteiger partial charge is 0.281 e. The maximum Gasteiger partial charge on any atom is 0.281 e. The van der Waals surface area contributed by atoms with E-state index in [0.29, 0.717) is 12.1 Å². The van der Waals surface area contributed by atoms with Gasteiger partial charge in [-0.1, -0.05) is 0 Å². The van der Waals surface area contributed by atoms with Crippen molar-refractivity contribution in [2.24, 2.45) is 5.73 Å². The third kappa shape index (κ3) is 2.68. The summed E-state index contributed by atoms with van der Waals surface area (Å²) in [5.41, 5.74) is 5.62. The molecule has 14 heavy (non-hydrogen) atoms. The van der Waals surface area contributed by atoms with Gasteiger partial charge in [0, 0.05) is 6.61 Å². The van der Waals surface area contributed by atoms with Gasteiger partial charge < -0.3 is 10.8 Å². The van der Waals surface area contributed by atoms with Crippen molar-refractivity contribution < 1.29 is 13.9 Å². The number of nitrogens with zero attached hydrogens (tertiary/aromatic N) is 2. The molecule has 0 fully saturated rings. The second-order valence-corrected chi connectivity index (χ2v) is 2.79. The van der Waals surface area contributed by atoms with Gasteiger partial charge in [0.25, 0.3) is 6.43 Å². The molecule has 1 rings (SSSR count). The fourth-order valence-electron chi connectivity index (χ4n) is 0.939. The largest absolute Gasteiger partial charge is 0.396 e. The van der Waals surface area contributed by atoms with Crippen molar-refractivity contribution in [2.45, 2.75) is 18.9 Å². The van der Waals surface area contributed by atoms with Crippen molar-refractivity contribution in [2.75, 3.05) is 6.61 Å². The lowest BCUT2D eigenvalue weighted by Gasteiger charge is -2.08. The van der Waals surface area contributed by atoms with Gasteiger partial charge in [-0.3, -0.25) is 9.97 Å². The van der Waals surface area contributed by atoms with Crippen molar-refractivity contribution in [1.29, 1.82) is 0 Å². The van der Waals surface area contributed by atoms with E-state index in [1.807, 2.05) is 0 Å². The van der Waals surface area contributed by atoms with E-state index in [0.717, 1.165) is 6.20 Å². The molecule has 0 aliphatic carbocycles. The molecule has 1 unspecified atom stereocenters. The normalized spacial score (nSPS) is 13.2. The van der Waals surface area contributed by atoms with Gasteiger partial charge in [0.05, 0.1) is 24.1 Å². The molecule has 0 radical (unpaired) electrons. The Bertz CT molecular complexity index is 278. The summed E-state index contributed by atoms with van der Waals surface area (Å²) < 4.78 is 24.1. The van der Waals surface area contributed by atoms with Crippen LogP contribution in [0.1, 0.15) is 30.3 Å². The zero-order valence-corrected chi connectivity index (χ0v) is 7.40. The van der Waals surface area contributed by atoms with E-state index < -0.39 is 12.5 Å². The average Bonchev–Trinajstić information content (AvgIpc) is 2.18. The lowest BCUT2D eigenvalue weighted by molar-refractivity contribution is 0.145. The summed E-state index contributed by atoms with van der Waals surface area (Å²) in [6.07, 6.45) is -0.0764. The highest BCUT2D eigenvalue weighted by Gasteiger charge is 2.11. The summed E-state index contributed by atoms with van der Waals surface area (Å²) in [5, 5.41) is 8.59. The van der Waals surface area contributed by atoms with Crippen LogP contribution >= 0.6 is 0 Å². The lowest BCUT2D eigenvalue weighted by Crippen LogP contribution is -2.14. The highest BCUT2D eigenvalue weighted by Crippen LogP contribution is 2.16. The van der Waals surface area contributed by atoms with Gasteiger partial charge in [-0.05, 0) is 6.42 Å². The summed E-state index contributed by atoms with van der Waals surface area (Å²) in [6, 6.07) is -0.459. The molecule has 0 spiro atoms. The molecule has 1 atom stereocenters. The molecule has 1 heterocycles. The maximum absolute atomic E-state index is 12.1. The number of halogens is 2. The van der Waals surface area contributed by atoms with E-state index in [9.17, 15) is 8.78 Å². The van der Waals surface area contributed by atoms with Crippen LogP contribution in [0, 0.1) is 0 Å². The molecular weight excluding hydrogens is 192 g/mol. The van der Waals surface area contributed by atoms with Crippen molar-refractivity contribution in [1.82, 2.24) is 9.97 Å². The van der Waals surface area contributed by atoms with Gasteiger partial charge in [-0.2, -0.15) is 0 Å². The first-order chi connectivity index (χ1) is 6.65. The Morgan fingerprint density at radius 3 is 2.29 bits per heavy atom. The molecule has 0 aliphatic heterocycles. The molecule has 0 bridgehead atoms. The second kappa shape index (κ2) is 4.92. The predicted molar refractivity (Wildman–Crippen MR) is 45.6 cm³/mol. The van der Waals surface area contributed by atoms with Gasteiger partial charge in [-0.25, -0.2) is 8.78 Å². The Hall–Kier alpha value is -1.14. The number of aromatic nitrogens is 2. The van der Waals surface area contributed by atoms with Gasteiger partial charge in [0.15, 0.2) is 0 Å². The van der Waals surface area contributed by atoms with Crippen molar-refractivity contribution >= 4 is 0 Å². The molecule has 78 valence electrons. The second-order valence-electron chi connectivity index (χ2n) is 2.79. The van der Waals surface area contributed by atoms with Crippen LogP contribution in [-0.4, -0.2) is 21.7 Å². The molecule has 1 aromatic rings. The predicted octanol–water partition coefficient (Wildman–Crippen LogP) is 0.796. The van der Waals surface area contributed by atoms with E-state index >= 15 is 0 Å². The molecular formula is C8H11F2N3O. The molecule has 6 heteroatoms. The Morgan fingerprint density at radius 1 is 1.29 bits per heavy atom. The Morgan fingerprint density at radius 2 is 1.86 bits per heavy atom. The number of rotatable bonds is 4. The zero-order valence-electron chi connectivity index (χ0n) is 7.40. The van der Waals surface area contributed by atoms with Crippen molar-refractivity contribution in [3.63, 3.8) is 0 Å². The molecule has 0 aliphatic rings. The van der Waals surface area contributed by atoms with E-state index in [1.54, 1.807) is 0 Å². The first-order valence-corrected chi connectivity index (χ1v) is 4.11. The summed E-state index contributed by atoms with van der Waals surface area (Å²) in [4.78, 5) is 7.25. The maximum atomic E-state index is 12.1. The van der Waals surface area contributed by atoms with Gasteiger partial charge >= 0.3 is 0 Å². The molecule has 0 saturated carbocycles. The van der Waals surface area contributed by atoms with Crippen LogP contribution in [0.15, 0.2) is 12.4 Å². The highest BCUT2D eigenvalue weighted by molar-refractivity contribution is 5.06. The topological polar surface area (TPSA) is 72.0 Å². The zero-order chi connectivity index (χ0) is 10.6. The molecule has 1 aromatic heterocycles. The minimum atomic E-state index is -2.62. The van der Waals surface area contributed by atoms with Crippen molar-refractivity contribution in [3.05, 3.63) is 23.8 Å². The van der Waals surface area contributed by atoms with E-state index in [-0.39, 0.29) is 12.3 Å². The number of aliphatic hydroxyl groups excluding tert-OH is 1. The van der Waals surface area contributed by atoms with Crippen LogP contribution in [-0.2, 0) is 0 Å². The van der Waals surface area contributed by atoms with Gasteiger partial charge in [0.1, 0.15) is 5.69 Å². The molecule has 0 amide bonds. The van der Waals surface area contributed by atoms with Crippen LogP contribution in [0.25, 0.3) is 0 Å². The fourth-order valence-corrected chi connectivity index (χ4v) is 0.939. The van der Waals surface area contributed by atoms with Crippen LogP contribution in [0.5, 0.6) is 0 Å². The van der Waals surface area contributed by atoms with Gasteiger partial charge in [0.2, 0.25) is 0 Å². The highest BCUT2D eigenvalue weighted by atomic mass is 19.3. The quantitative estimate of drug-likeness (QED) is 0.759. The fraction of sp³-hybridized carbons (Fsp3) is 0.500. The minimum absolute atomic E-state index is 0.0700. The van der Waals surface area contributed by atoms with E-state index in [1.165, 1.54) is 6.20 Å². The standard InChI is InChI=1S/C8H11F2N3O/c9-8(10)7-4-12-6(3-13-7)5(11)1-2-14/h3-5,8,14H,1-2,11H2. The first-order valence-electron chi connectivity index (χ1n) is 4.11. The van der Waals surface area contributed by atoms with Crippen LogP contribution in [0.3, 0.4) is 0 Å². The number of hydrogen-bond donors (Lipinski definition) is 2. The number of hydrogen-bond acceptors (Lipinski definition) is 4.